The van der Waals surface area contributed by atoms with E-state index in [-0.39, 0.29) is 0 Å². The Morgan fingerprint density at radius 2 is 2.11 bits per heavy atom. The smallest absolute Gasteiger partial charge is 0.155 e. The van der Waals surface area contributed by atoms with Crippen molar-refractivity contribution in [2.45, 2.75) is 12.8 Å². The zero-order valence-corrected chi connectivity index (χ0v) is 6.02. The first-order valence-corrected chi connectivity index (χ1v) is 4.62. The Bertz CT molecular complexity index is 142. The topological polar surface area (TPSA) is 26.3 Å². The lowest BCUT2D eigenvalue weighted by atomic mass is 10.1. The summed E-state index contributed by atoms with van der Waals surface area (Å²) in [5.74, 6) is 2.28. The Labute approximate surface area is 57.2 Å². The summed E-state index contributed by atoms with van der Waals surface area (Å²) in [6.07, 6.45) is 2.68. The third kappa shape index (κ3) is 1.17. The molecule has 1 saturated carbocycles. The van der Waals surface area contributed by atoms with Gasteiger partial charge in [0, 0.05) is 5.92 Å². The molecule has 2 atom stereocenters. The number of hydrogen-bond acceptors (Lipinski definition) is 2. The quantitative estimate of drug-likeness (QED) is 0.544. The summed E-state index contributed by atoms with van der Waals surface area (Å²) in [7, 11) is 0. The molecule has 0 aromatic heterocycles. The van der Waals surface area contributed by atoms with Crippen LogP contribution in [0.15, 0.2) is 0 Å². The SMILES string of the molecule is O=S1C[C@H](C2CC2)CO1. The fourth-order valence-corrected chi connectivity index (χ4v) is 2.41. The third-order valence-corrected chi connectivity index (χ3v) is 3.15. The average molecular weight is 146 g/mol. The lowest BCUT2D eigenvalue weighted by molar-refractivity contribution is 0.311. The predicted molar refractivity (Wildman–Crippen MR) is 35.2 cm³/mol. The van der Waals surface area contributed by atoms with Crippen molar-refractivity contribution < 1.29 is 8.39 Å². The van der Waals surface area contributed by atoms with Gasteiger partial charge in [0.2, 0.25) is 0 Å². The molecular weight excluding hydrogens is 136 g/mol. The fourth-order valence-electron chi connectivity index (χ4n) is 1.27. The largest absolute Gasteiger partial charge is 0.290 e. The molecule has 0 bridgehead atoms. The maximum atomic E-state index is 10.7. The fraction of sp³-hybridized carbons (Fsp3) is 1.00. The van der Waals surface area contributed by atoms with Crippen LogP contribution in [0, 0.1) is 11.8 Å². The molecular formula is C6H10O2S. The summed E-state index contributed by atoms with van der Waals surface area (Å²) in [6, 6.07) is 0. The van der Waals surface area contributed by atoms with Crippen molar-refractivity contribution in [2.75, 3.05) is 12.4 Å². The van der Waals surface area contributed by atoms with Crippen LogP contribution >= 0.6 is 0 Å². The molecule has 2 nitrogen and oxygen atoms in total. The third-order valence-electron chi connectivity index (χ3n) is 2.05. The first-order chi connectivity index (χ1) is 4.36. The minimum Gasteiger partial charge on any atom is -0.290 e. The van der Waals surface area contributed by atoms with E-state index >= 15 is 0 Å². The first-order valence-electron chi connectivity index (χ1n) is 3.38. The summed E-state index contributed by atoms with van der Waals surface area (Å²) < 4.78 is 15.6. The molecule has 1 heterocycles. The first kappa shape index (κ1) is 5.86. The molecule has 0 N–H and O–H groups in total. The highest BCUT2D eigenvalue weighted by atomic mass is 32.2. The summed E-state index contributed by atoms with van der Waals surface area (Å²) in [5, 5.41) is 0. The Morgan fingerprint density at radius 1 is 1.33 bits per heavy atom. The molecule has 2 aliphatic rings. The van der Waals surface area contributed by atoms with Crippen molar-refractivity contribution in [3.05, 3.63) is 0 Å². The molecule has 0 amide bonds. The van der Waals surface area contributed by atoms with E-state index in [0.717, 1.165) is 18.3 Å². The van der Waals surface area contributed by atoms with E-state index in [9.17, 15) is 4.21 Å². The van der Waals surface area contributed by atoms with Gasteiger partial charge >= 0.3 is 0 Å². The van der Waals surface area contributed by atoms with Crippen molar-refractivity contribution in [2.24, 2.45) is 11.8 Å². The van der Waals surface area contributed by atoms with Gasteiger partial charge in [-0.1, -0.05) is 0 Å². The molecule has 2 rings (SSSR count). The van der Waals surface area contributed by atoms with Crippen molar-refractivity contribution in [1.82, 2.24) is 0 Å². The minimum atomic E-state index is -0.933. The van der Waals surface area contributed by atoms with Crippen molar-refractivity contribution in [3.63, 3.8) is 0 Å². The second kappa shape index (κ2) is 2.06. The Kier molecular flexibility index (Phi) is 1.34. The van der Waals surface area contributed by atoms with Crippen LogP contribution in [-0.2, 0) is 15.3 Å². The lowest BCUT2D eigenvalue weighted by Crippen LogP contribution is -2.05. The van der Waals surface area contributed by atoms with E-state index in [0.29, 0.717) is 5.92 Å². The van der Waals surface area contributed by atoms with Crippen LogP contribution in [0.5, 0.6) is 0 Å². The summed E-state index contributed by atoms with van der Waals surface area (Å²) in [4.78, 5) is 0. The van der Waals surface area contributed by atoms with Crippen LogP contribution in [-0.4, -0.2) is 16.6 Å². The highest BCUT2D eigenvalue weighted by Gasteiger charge is 2.36. The van der Waals surface area contributed by atoms with Gasteiger partial charge in [0.15, 0.2) is 11.1 Å². The van der Waals surface area contributed by atoms with Gasteiger partial charge in [0.1, 0.15) is 0 Å². The zero-order chi connectivity index (χ0) is 6.27. The van der Waals surface area contributed by atoms with Crippen LogP contribution < -0.4 is 0 Å². The highest BCUT2D eigenvalue weighted by molar-refractivity contribution is 7.80. The highest BCUT2D eigenvalue weighted by Crippen LogP contribution is 2.39. The van der Waals surface area contributed by atoms with Gasteiger partial charge in [-0.3, -0.25) is 4.18 Å². The predicted octanol–water partition coefficient (Wildman–Crippen LogP) is 0.707. The van der Waals surface area contributed by atoms with E-state index in [4.69, 9.17) is 4.18 Å². The van der Waals surface area contributed by atoms with Crippen LogP contribution in [0.3, 0.4) is 0 Å². The average Bonchev–Trinajstić information content (AvgIpc) is 2.58. The molecule has 1 unspecified atom stereocenters. The van der Waals surface area contributed by atoms with Gasteiger partial charge in [-0.2, -0.15) is 0 Å². The lowest BCUT2D eigenvalue weighted by Gasteiger charge is -1.98. The monoisotopic (exact) mass is 146 g/mol. The van der Waals surface area contributed by atoms with Gasteiger partial charge in [-0.25, -0.2) is 4.21 Å². The van der Waals surface area contributed by atoms with E-state index in [1.165, 1.54) is 12.8 Å². The number of hydrogen-bond donors (Lipinski definition) is 0. The minimum absolute atomic E-state index is 0.630. The van der Waals surface area contributed by atoms with Crippen LogP contribution in [0.4, 0.5) is 0 Å². The second-order valence-electron chi connectivity index (χ2n) is 2.85. The van der Waals surface area contributed by atoms with Gasteiger partial charge < -0.3 is 0 Å². The Hall–Kier alpha value is 0.110. The van der Waals surface area contributed by atoms with Gasteiger partial charge in [-0.15, -0.1) is 0 Å². The molecule has 1 aliphatic carbocycles. The molecule has 9 heavy (non-hydrogen) atoms. The normalized spacial score (nSPS) is 43.6. The number of rotatable bonds is 1. The van der Waals surface area contributed by atoms with Crippen LogP contribution in [0.1, 0.15) is 12.8 Å². The molecule has 3 heteroatoms. The van der Waals surface area contributed by atoms with Gasteiger partial charge in [0.05, 0.1) is 12.4 Å². The summed E-state index contributed by atoms with van der Waals surface area (Å²) in [6.45, 7) is 0.747. The molecule has 52 valence electrons. The van der Waals surface area contributed by atoms with Gasteiger partial charge in [0.25, 0.3) is 0 Å². The maximum Gasteiger partial charge on any atom is 0.155 e. The van der Waals surface area contributed by atoms with E-state index in [1.54, 1.807) is 0 Å². The Morgan fingerprint density at radius 3 is 2.56 bits per heavy atom. The molecule has 2 fully saturated rings. The molecule has 0 aromatic carbocycles. The van der Waals surface area contributed by atoms with Crippen molar-refractivity contribution in [1.29, 1.82) is 0 Å². The molecule has 0 aromatic rings. The van der Waals surface area contributed by atoms with E-state index in [1.807, 2.05) is 0 Å². The standard InChI is InChI=1S/C6H10O2S/c7-9-4-6(3-8-9)5-1-2-5/h5-6H,1-4H2/t6-,9?/m1/s1. The second-order valence-corrected chi connectivity index (χ2v) is 4.03. The Balaban J connectivity index is 1.92. The summed E-state index contributed by atoms with van der Waals surface area (Å²) >= 11 is -0.933. The van der Waals surface area contributed by atoms with Gasteiger partial charge in [-0.05, 0) is 18.8 Å². The molecule has 0 radical (unpaired) electrons. The van der Waals surface area contributed by atoms with Crippen molar-refractivity contribution >= 4 is 11.1 Å². The van der Waals surface area contributed by atoms with E-state index < -0.39 is 11.1 Å². The van der Waals surface area contributed by atoms with Crippen LogP contribution in [0.25, 0.3) is 0 Å². The molecule has 1 saturated heterocycles. The molecule has 1 aliphatic heterocycles. The van der Waals surface area contributed by atoms with E-state index in [2.05, 4.69) is 0 Å². The molecule has 0 spiro atoms. The maximum absolute atomic E-state index is 10.7. The van der Waals surface area contributed by atoms with Crippen LogP contribution in [0.2, 0.25) is 0 Å². The zero-order valence-electron chi connectivity index (χ0n) is 5.21. The van der Waals surface area contributed by atoms with Crippen molar-refractivity contribution in [3.8, 4) is 0 Å². The summed E-state index contributed by atoms with van der Waals surface area (Å²) in [5.41, 5.74) is 0.